The van der Waals surface area contributed by atoms with Crippen molar-refractivity contribution in [2.24, 2.45) is 23.7 Å². The van der Waals surface area contributed by atoms with Crippen molar-refractivity contribution in [3.63, 3.8) is 0 Å². The zero-order valence-corrected chi connectivity index (χ0v) is 63.4. The molecule has 558 valence electrons. The van der Waals surface area contributed by atoms with Crippen LogP contribution in [0.3, 0.4) is 0 Å². The van der Waals surface area contributed by atoms with Crippen LogP contribution in [-0.2, 0) is 65.4 Å². The summed E-state index contributed by atoms with van der Waals surface area (Å²) in [5.41, 5.74) is 0. The third-order valence-corrected chi connectivity index (χ3v) is 19.9. The standard InChI is InChI=1S/C75H146O17P2/c1-9-67(7)53-45-37-29-21-17-13-11-12-14-18-23-32-41-49-57-74(79)91-71(62-86-73(78)56-48-40-34-26-28-36-44-52-66(5)6)64-90-94(83,84)88-60-69(76)59-87-93(81,82)89-63-70(92-75(80)58-50-42-33-25-24-30-38-46-54-68(8)10-2)61-85-72(77)55-47-39-31-22-19-15-16-20-27-35-43-51-65(3)4/h65-71,76H,9-64H2,1-8H3,(H,81,82)(H,83,84)/t67?,68?,69?,70-,71-/m1/s1. The number of ether oxygens (including phenoxy) is 4. The van der Waals surface area contributed by atoms with Crippen LogP contribution in [0.15, 0.2) is 0 Å². The van der Waals surface area contributed by atoms with Crippen molar-refractivity contribution < 1.29 is 80.2 Å². The molecule has 3 N–H and O–H groups in total. The summed E-state index contributed by atoms with van der Waals surface area (Å²) in [6, 6.07) is 0. The van der Waals surface area contributed by atoms with E-state index in [1.165, 1.54) is 173 Å². The van der Waals surface area contributed by atoms with Crippen molar-refractivity contribution in [3.8, 4) is 0 Å². The van der Waals surface area contributed by atoms with Gasteiger partial charge in [0.05, 0.1) is 26.4 Å². The van der Waals surface area contributed by atoms with E-state index in [4.69, 9.17) is 37.0 Å². The highest BCUT2D eigenvalue weighted by Gasteiger charge is 2.30. The molecule has 17 nitrogen and oxygen atoms in total. The van der Waals surface area contributed by atoms with Gasteiger partial charge in [0.1, 0.15) is 19.3 Å². The number of carbonyl (C=O) groups excluding carboxylic acids is 4. The summed E-state index contributed by atoms with van der Waals surface area (Å²) in [5, 5.41) is 10.6. The van der Waals surface area contributed by atoms with E-state index < -0.39 is 97.5 Å². The molecule has 0 spiro atoms. The Balaban J connectivity index is 5.24. The number of unbranched alkanes of at least 4 members (excludes halogenated alkanes) is 36. The lowest BCUT2D eigenvalue weighted by atomic mass is 9.99. The lowest BCUT2D eigenvalue weighted by Gasteiger charge is -2.21. The lowest BCUT2D eigenvalue weighted by Crippen LogP contribution is -2.30. The van der Waals surface area contributed by atoms with Crippen molar-refractivity contribution >= 4 is 39.5 Å². The van der Waals surface area contributed by atoms with Crippen molar-refractivity contribution in [1.29, 1.82) is 0 Å². The minimum absolute atomic E-state index is 0.104. The molecule has 0 rings (SSSR count). The molecule has 0 bridgehead atoms. The monoisotopic (exact) mass is 1380 g/mol. The van der Waals surface area contributed by atoms with Crippen LogP contribution in [0.5, 0.6) is 0 Å². The summed E-state index contributed by atoms with van der Waals surface area (Å²) in [6.45, 7) is 14.2. The molecule has 0 aliphatic heterocycles. The second-order valence-corrected chi connectivity index (χ2v) is 31.4. The van der Waals surface area contributed by atoms with Crippen LogP contribution < -0.4 is 0 Å². The van der Waals surface area contributed by atoms with Gasteiger partial charge in [-0.2, -0.15) is 0 Å². The van der Waals surface area contributed by atoms with Crippen LogP contribution in [0.4, 0.5) is 0 Å². The summed E-state index contributed by atoms with van der Waals surface area (Å²) in [7, 11) is -9.91. The van der Waals surface area contributed by atoms with E-state index in [0.717, 1.165) is 114 Å². The zero-order chi connectivity index (χ0) is 69.6. The number of hydrogen-bond donors (Lipinski definition) is 3. The Kier molecular flexibility index (Phi) is 63.1. The average molecular weight is 1380 g/mol. The van der Waals surface area contributed by atoms with Crippen molar-refractivity contribution in [3.05, 3.63) is 0 Å². The first-order chi connectivity index (χ1) is 45.2. The molecule has 0 fully saturated rings. The van der Waals surface area contributed by atoms with E-state index in [0.29, 0.717) is 31.6 Å². The Morgan fingerprint density at radius 3 is 0.755 bits per heavy atom. The predicted molar refractivity (Wildman–Crippen MR) is 381 cm³/mol. The highest BCUT2D eigenvalue weighted by molar-refractivity contribution is 7.47. The van der Waals surface area contributed by atoms with E-state index in [2.05, 4.69) is 55.4 Å². The number of phosphoric ester groups is 2. The Bertz CT molecular complexity index is 1850. The molecular weight excluding hydrogens is 1230 g/mol. The number of carbonyl (C=O) groups is 4. The van der Waals surface area contributed by atoms with Gasteiger partial charge in [-0.25, -0.2) is 9.13 Å². The summed E-state index contributed by atoms with van der Waals surface area (Å²) in [4.78, 5) is 72.8. The SMILES string of the molecule is CCC(C)CCCCCCCCCCCCCCCCC(=O)O[C@H](COC(=O)CCCCCCCCCC(C)C)COP(=O)(O)OCC(O)COP(=O)(O)OC[C@@H](COC(=O)CCCCCCCCCCCCCC(C)C)OC(=O)CCCCCCCCCCC(C)CC. The maximum Gasteiger partial charge on any atom is 0.472 e. The number of aliphatic hydroxyl groups is 1. The number of rotatable bonds is 72. The normalized spacial score (nSPS) is 14.7. The minimum atomic E-state index is -4.96. The first-order valence-electron chi connectivity index (χ1n) is 38.8. The van der Waals surface area contributed by atoms with Crippen LogP contribution in [0.2, 0.25) is 0 Å². The van der Waals surface area contributed by atoms with Gasteiger partial charge in [0, 0.05) is 25.7 Å². The molecule has 0 aromatic carbocycles. The lowest BCUT2D eigenvalue weighted by molar-refractivity contribution is -0.161. The fourth-order valence-corrected chi connectivity index (χ4v) is 12.9. The highest BCUT2D eigenvalue weighted by Crippen LogP contribution is 2.45. The number of hydrogen-bond acceptors (Lipinski definition) is 15. The van der Waals surface area contributed by atoms with Crippen LogP contribution in [-0.4, -0.2) is 96.7 Å². The van der Waals surface area contributed by atoms with E-state index in [-0.39, 0.29) is 25.7 Å². The topological polar surface area (TPSA) is 237 Å². The number of esters is 4. The fraction of sp³-hybridized carbons (Fsp3) is 0.947. The molecule has 0 heterocycles. The van der Waals surface area contributed by atoms with Gasteiger partial charge in [0.25, 0.3) is 0 Å². The molecule has 0 aliphatic carbocycles. The molecule has 7 atom stereocenters. The van der Waals surface area contributed by atoms with Gasteiger partial charge in [-0.3, -0.25) is 37.3 Å². The molecule has 0 radical (unpaired) electrons. The van der Waals surface area contributed by atoms with Crippen LogP contribution in [0, 0.1) is 23.7 Å². The molecule has 0 saturated heterocycles. The fourth-order valence-electron chi connectivity index (χ4n) is 11.3. The summed E-state index contributed by atoms with van der Waals surface area (Å²) in [5.74, 6) is 0.967. The van der Waals surface area contributed by atoms with Gasteiger partial charge in [0.15, 0.2) is 12.2 Å². The van der Waals surface area contributed by atoms with E-state index >= 15 is 0 Å². The molecule has 0 aliphatic rings. The van der Waals surface area contributed by atoms with Crippen molar-refractivity contribution in [2.75, 3.05) is 39.6 Å². The Labute approximate surface area is 575 Å². The molecule has 5 unspecified atom stereocenters. The second kappa shape index (κ2) is 64.4. The molecular formula is C75H146O17P2. The summed E-state index contributed by atoms with van der Waals surface area (Å²) >= 11 is 0. The zero-order valence-electron chi connectivity index (χ0n) is 61.6. The average Bonchev–Trinajstić information content (AvgIpc) is 1.52. The summed E-state index contributed by atoms with van der Waals surface area (Å²) in [6.07, 6.45) is 48.5. The first-order valence-corrected chi connectivity index (χ1v) is 41.8. The van der Waals surface area contributed by atoms with E-state index in [9.17, 15) is 43.2 Å². The molecule has 0 aromatic rings. The quantitative estimate of drug-likeness (QED) is 0.0222. The second-order valence-electron chi connectivity index (χ2n) is 28.5. The van der Waals surface area contributed by atoms with Crippen molar-refractivity contribution in [2.45, 2.75) is 395 Å². The molecule has 94 heavy (non-hydrogen) atoms. The van der Waals surface area contributed by atoms with Gasteiger partial charge in [0.2, 0.25) is 0 Å². The highest BCUT2D eigenvalue weighted by atomic mass is 31.2. The van der Waals surface area contributed by atoms with Crippen LogP contribution in [0.25, 0.3) is 0 Å². The van der Waals surface area contributed by atoms with Gasteiger partial charge < -0.3 is 33.8 Å². The largest absolute Gasteiger partial charge is 0.472 e. The molecule has 0 aromatic heterocycles. The molecule has 0 saturated carbocycles. The number of aliphatic hydroxyl groups excluding tert-OH is 1. The smallest absolute Gasteiger partial charge is 0.462 e. The predicted octanol–water partition coefficient (Wildman–Crippen LogP) is 21.7. The van der Waals surface area contributed by atoms with Crippen LogP contribution >= 0.6 is 15.6 Å². The Morgan fingerprint density at radius 1 is 0.298 bits per heavy atom. The third kappa shape index (κ3) is 66.0. The van der Waals surface area contributed by atoms with Crippen molar-refractivity contribution in [1.82, 2.24) is 0 Å². The first kappa shape index (κ1) is 92.1. The van der Waals surface area contributed by atoms with E-state index in [1.54, 1.807) is 0 Å². The van der Waals surface area contributed by atoms with E-state index in [1.807, 2.05) is 0 Å². The Hall–Kier alpha value is -1.94. The van der Waals surface area contributed by atoms with Gasteiger partial charge in [-0.1, -0.05) is 325 Å². The van der Waals surface area contributed by atoms with Gasteiger partial charge >= 0.3 is 39.5 Å². The van der Waals surface area contributed by atoms with Gasteiger partial charge in [-0.05, 0) is 49.4 Å². The Morgan fingerprint density at radius 2 is 0.511 bits per heavy atom. The third-order valence-electron chi connectivity index (χ3n) is 18.0. The number of phosphoric acid groups is 2. The van der Waals surface area contributed by atoms with Gasteiger partial charge in [-0.15, -0.1) is 0 Å². The summed E-state index contributed by atoms with van der Waals surface area (Å²) < 4.78 is 68.5. The maximum absolute atomic E-state index is 13.1. The maximum atomic E-state index is 13.1. The molecule has 0 amide bonds. The van der Waals surface area contributed by atoms with Crippen LogP contribution in [0.1, 0.15) is 376 Å². The minimum Gasteiger partial charge on any atom is -0.462 e. The molecule has 19 heteroatoms.